The second kappa shape index (κ2) is 12.4. The molecule has 0 saturated carbocycles. The van der Waals surface area contributed by atoms with E-state index in [1.165, 1.54) is 57.8 Å². The topological polar surface area (TPSA) is 52.0 Å². The molecule has 0 aromatic rings. The van der Waals surface area contributed by atoms with Crippen LogP contribution in [0.5, 0.6) is 0 Å². The molecular formula is C15H34N2. The average molecular weight is 242 g/mol. The Bertz CT molecular complexity index is 148. The minimum atomic E-state index is 0.418. The molecule has 0 aromatic heterocycles. The second-order valence-corrected chi connectivity index (χ2v) is 5.32. The maximum absolute atomic E-state index is 6.22. The second-order valence-electron chi connectivity index (χ2n) is 5.32. The quantitative estimate of drug-likeness (QED) is 0.511. The summed E-state index contributed by atoms with van der Waals surface area (Å²) in [6.45, 7) is 5.32. The maximum atomic E-state index is 6.22. The van der Waals surface area contributed by atoms with Crippen molar-refractivity contribution in [1.82, 2.24) is 0 Å². The van der Waals surface area contributed by atoms with Gasteiger partial charge in [0.05, 0.1) is 0 Å². The van der Waals surface area contributed by atoms with E-state index in [4.69, 9.17) is 11.5 Å². The Hall–Kier alpha value is -0.0800. The van der Waals surface area contributed by atoms with Gasteiger partial charge in [0.25, 0.3) is 0 Å². The molecule has 0 fully saturated rings. The van der Waals surface area contributed by atoms with Gasteiger partial charge in [0.15, 0.2) is 0 Å². The van der Waals surface area contributed by atoms with Crippen LogP contribution in [0, 0.1) is 5.92 Å². The summed E-state index contributed by atoms with van der Waals surface area (Å²) < 4.78 is 0. The number of unbranched alkanes of at least 4 members (excludes halogenated alkanes) is 5. The van der Waals surface area contributed by atoms with Crippen molar-refractivity contribution in [2.24, 2.45) is 17.4 Å². The highest BCUT2D eigenvalue weighted by Crippen LogP contribution is 2.21. The molecular weight excluding hydrogens is 208 g/mol. The molecule has 0 amide bonds. The van der Waals surface area contributed by atoms with Crippen molar-refractivity contribution in [1.29, 1.82) is 0 Å². The Labute approximate surface area is 109 Å². The Kier molecular flexibility index (Phi) is 12.3. The van der Waals surface area contributed by atoms with E-state index in [1.807, 2.05) is 0 Å². The first-order valence-electron chi connectivity index (χ1n) is 7.71. The Morgan fingerprint density at radius 3 is 1.94 bits per heavy atom. The first-order valence-corrected chi connectivity index (χ1v) is 7.71. The van der Waals surface area contributed by atoms with Crippen LogP contribution in [-0.2, 0) is 0 Å². The molecule has 2 heteroatoms. The lowest BCUT2D eigenvalue weighted by Gasteiger charge is -2.23. The van der Waals surface area contributed by atoms with Crippen LogP contribution >= 0.6 is 0 Å². The molecule has 0 spiro atoms. The van der Waals surface area contributed by atoms with Crippen LogP contribution in [0.25, 0.3) is 0 Å². The van der Waals surface area contributed by atoms with Crippen LogP contribution in [-0.4, -0.2) is 12.6 Å². The fraction of sp³-hybridized carbons (Fsp3) is 1.00. The SMILES string of the molecule is CCCCCC(CCCCCCN)C(N)CC. The third-order valence-corrected chi connectivity index (χ3v) is 3.78. The van der Waals surface area contributed by atoms with Gasteiger partial charge in [0.2, 0.25) is 0 Å². The minimum Gasteiger partial charge on any atom is -0.330 e. The maximum Gasteiger partial charge on any atom is 0.00645 e. The number of hydrogen-bond donors (Lipinski definition) is 2. The monoisotopic (exact) mass is 242 g/mol. The van der Waals surface area contributed by atoms with Gasteiger partial charge in [-0.1, -0.05) is 52.4 Å². The van der Waals surface area contributed by atoms with Crippen molar-refractivity contribution >= 4 is 0 Å². The van der Waals surface area contributed by atoms with E-state index in [-0.39, 0.29) is 0 Å². The molecule has 0 radical (unpaired) electrons. The zero-order chi connectivity index (χ0) is 12.9. The molecule has 2 nitrogen and oxygen atoms in total. The van der Waals surface area contributed by atoms with Crippen molar-refractivity contribution in [3.05, 3.63) is 0 Å². The molecule has 0 rings (SSSR count). The number of hydrogen-bond acceptors (Lipinski definition) is 2. The Morgan fingerprint density at radius 2 is 1.41 bits per heavy atom. The first kappa shape index (κ1) is 16.9. The summed E-state index contributed by atoms with van der Waals surface area (Å²) in [6, 6.07) is 0.418. The summed E-state index contributed by atoms with van der Waals surface area (Å²) in [6.07, 6.45) is 13.0. The van der Waals surface area contributed by atoms with Crippen molar-refractivity contribution < 1.29 is 0 Å². The first-order chi connectivity index (χ1) is 8.26. The molecule has 0 aromatic carbocycles. The van der Waals surface area contributed by atoms with Gasteiger partial charge in [-0.25, -0.2) is 0 Å². The summed E-state index contributed by atoms with van der Waals surface area (Å²) in [4.78, 5) is 0. The summed E-state index contributed by atoms with van der Waals surface area (Å²) in [5.41, 5.74) is 11.7. The summed E-state index contributed by atoms with van der Waals surface area (Å²) in [7, 11) is 0. The van der Waals surface area contributed by atoms with E-state index in [2.05, 4.69) is 13.8 Å². The highest BCUT2D eigenvalue weighted by molar-refractivity contribution is 4.72. The van der Waals surface area contributed by atoms with Gasteiger partial charge in [-0.15, -0.1) is 0 Å². The predicted molar refractivity (Wildman–Crippen MR) is 78.0 cm³/mol. The molecule has 2 atom stereocenters. The highest BCUT2D eigenvalue weighted by Gasteiger charge is 2.15. The van der Waals surface area contributed by atoms with E-state index < -0.39 is 0 Å². The van der Waals surface area contributed by atoms with Gasteiger partial charge in [0.1, 0.15) is 0 Å². The highest BCUT2D eigenvalue weighted by atomic mass is 14.6. The van der Waals surface area contributed by atoms with Crippen LogP contribution in [0.1, 0.15) is 78.1 Å². The zero-order valence-electron chi connectivity index (χ0n) is 12.1. The van der Waals surface area contributed by atoms with Gasteiger partial charge in [-0.05, 0) is 38.1 Å². The van der Waals surface area contributed by atoms with Crippen LogP contribution in [0.2, 0.25) is 0 Å². The molecule has 0 saturated heterocycles. The van der Waals surface area contributed by atoms with Gasteiger partial charge in [-0.2, -0.15) is 0 Å². The lowest BCUT2D eigenvalue weighted by atomic mass is 9.87. The largest absolute Gasteiger partial charge is 0.330 e. The average Bonchev–Trinajstić information content (AvgIpc) is 2.35. The summed E-state index contributed by atoms with van der Waals surface area (Å²) >= 11 is 0. The zero-order valence-corrected chi connectivity index (χ0v) is 12.1. The van der Waals surface area contributed by atoms with Gasteiger partial charge in [-0.3, -0.25) is 0 Å². The van der Waals surface area contributed by atoms with E-state index in [0.717, 1.165) is 18.9 Å². The molecule has 0 aliphatic heterocycles. The van der Waals surface area contributed by atoms with Crippen LogP contribution < -0.4 is 11.5 Å². The van der Waals surface area contributed by atoms with Crippen LogP contribution in [0.15, 0.2) is 0 Å². The lowest BCUT2D eigenvalue weighted by Crippen LogP contribution is -2.29. The van der Waals surface area contributed by atoms with Crippen molar-refractivity contribution in [2.45, 2.75) is 84.1 Å². The van der Waals surface area contributed by atoms with Crippen molar-refractivity contribution in [3.63, 3.8) is 0 Å². The fourth-order valence-electron chi connectivity index (χ4n) is 2.47. The van der Waals surface area contributed by atoms with Gasteiger partial charge < -0.3 is 11.5 Å². The molecule has 0 heterocycles. The molecule has 2 unspecified atom stereocenters. The van der Waals surface area contributed by atoms with E-state index in [9.17, 15) is 0 Å². The van der Waals surface area contributed by atoms with Gasteiger partial charge >= 0.3 is 0 Å². The van der Waals surface area contributed by atoms with E-state index in [0.29, 0.717) is 6.04 Å². The normalized spacial score (nSPS) is 14.8. The summed E-state index contributed by atoms with van der Waals surface area (Å²) in [5, 5.41) is 0. The fourth-order valence-corrected chi connectivity index (χ4v) is 2.47. The standard InChI is InChI=1S/C15H34N2/c1-3-5-8-11-14(15(17)4-2)12-9-6-7-10-13-16/h14-15H,3-13,16-17H2,1-2H3. The molecule has 0 bridgehead atoms. The summed E-state index contributed by atoms with van der Waals surface area (Å²) in [5.74, 6) is 0.754. The van der Waals surface area contributed by atoms with Crippen molar-refractivity contribution in [3.8, 4) is 0 Å². The van der Waals surface area contributed by atoms with E-state index >= 15 is 0 Å². The van der Waals surface area contributed by atoms with Crippen molar-refractivity contribution in [2.75, 3.05) is 6.54 Å². The molecule has 17 heavy (non-hydrogen) atoms. The minimum absolute atomic E-state index is 0.418. The third-order valence-electron chi connectivity index (χ3n) is 3.78. The molecule has 4 N–H and O–H groups in total. The smallest absolute Gasteiger partial charge is 0.00645 e. The molecule has 0 aliphatic carbocycles. The molecule has 104 valence electrons. The van der Waals surface area contributed by atoms with Crippen LogP contribution in [0.3, 0.4) is 0 Å². The molecule has 0 aliphatic rings. The van der Waals surface area contributed by atoms with Crippen LogP contribution in [0.4, 0.5) is 0 Å². The lowest BCUT2D eigenvalue weighted by molar-refractivity contribution is 0.336. The van der Waals surface area contributed by atoms with E-state index in [1.54, 1.807) is 0 Å². The van der Waals surface area contributed by atoms with Gasteiger partial charge in [0, 0.05) is 6.04 Å². The number of rotatable bonds is 12. The number of nitrogens with two attached hydrogens (primary N) is 2. The Morgan fingerprint density at radius 1 is 0.824 bits per heavy atom. The Balaban J connectivity index is 3.69. The third kappa shape index (κ3) is 9.61. The predicted octanol–water partition coefficient (Wildman–Crippen LogP) is 3.83.